The van der Waals surface area contributed by atoms with Gasteiger partial charge < -0.3 is 14.8 Å². The molecule has 1 aromatic rings. The summed E-state index contributed by atoms with van der Waals surface area (Å²) in [6, 6.07) is 3.80. The van der Waals surface area contributed by atoms with E-state index in [1.54, 1.807) is 13.3 Å². The summed E-state index contributed by atoms with van der Waals surface area (Å²) in [5.41, 5.74) is 0. The molecule has 1 rings (SSSR count). The third-order valence-corrected chi connectivity index (χ3v) is 2.09. The number of hydrogen-bond acceptors (Lipinski definition) is 4. The highest BCUT2D eigenvalue weighted by Gasteiger charge is 1.94. The molecule has 1 aromatic heterocycles. The maximum atomic E-state index is 5.38. The van der Waals surface area contributed by atoms with Crippen LogP contribution in [0, 0.1) is 0 Å². The maximum absolute atomic E-state index is 5.38. The Morgan fingerprint density at radius 2 is 2.19 bits per heavy atom. The molecule has 0 aromatic carbocycles. The van der Waals surface area contributed by atoms with Crippen LogP contribution in [0.15, 0.2) is 18.3 Å². The van der Waals surface area contributed by atoms with Gasteiger partial charge in [-0.2, -0.15) is 0 Å². The number of pyridine rings is 1. The number of rotatable bonds is 8. The fourth-order valence-corrected chi connectivity index (χ4v) is 1.24. The summed E-state index contributed by atoms with van der Waals surface area (Å²) in [6.45, 7) is 4.64. The van der Waals surface area contributed by atoms with Crippen LogP contribution in [0.3, 0.4) is 0 Å². The number of hydrogen-bond donors (Lipinski definition) is 1. The van der Waals surface area contributed by atoms with Crippen molar-refractivity contribution in [3.8, 4) is 5.75 Å². The number of aromatic nitrogens is 1. The van der Waals surface area contributed by atoms with Gasteiger partial charge in [0.2, 0.25) is 0 Å². The molecule has 0 aliphatic carbocycles. The van der Waals surface area contributed by atoms with Gasteiger partial charge >= 0.3 is 0 Å². The van der Waals surface area contributed by atoms with E-state index in [1.807, 2.05) is 12.1 Å². The van der Waals surface area contributed by atoms with Crippen molar-refractivity contribution in [2.45, 2.75) is 19.8 Å². The molecule has 0 bridgehead atoms. The summed E-state index contributed by atoms with van der Waals surface area (Å²) in [6.07, 6.45) is 3.77. The van der Waals surface area contributed by atoms with Crippen molar-refractivity contribution < 1.29 is 9.47 Å². The lowest BCUT2D eigenvalue weighted by Gasteiger charge is -2.06. The Kier molecular flexibility index (Phi) is 6.33. The molecule has 90 valence electrons. The number of ether oxygens (including phenoxy) is 2. The van der Waals surface area contributed by atoms with E-state index >= 15 is 0 Å². The van der Waals surface area contributed by atoms with E-state index in [-0.39, 0.29) is 0 Å². The van der Waals surface area contributed by atoms with E-state index in [0.29, 0.717) is 0 Å². The molecular weight excluding hydrogens is 204 g/mol. The average Bonchev–Trinajstić information content (AvgIpc) is 2.34. The van der Waals surface area contributed by atoms with Crippen LogP contribution in [-0.4, -0.2) is 31.9 Å². The van der Waals surface area contributed by atoms with Crippen molar-refractivity contribution in [1.82, 2.24) is 4.98 Å². The predicted molar refractivity (Wildman–Crippen MR) is 65.0 cm³/mol. The third-order valence-electron chi connectivity index (χ3n) is 2.09. The maximum Gasteiger partial charge on any atom is 0.137 e. The Morgan fingerprint density at radius 3 is 2.81 bits per heavy atom. The van der Waals surface area contributed by atoms with E-state index in [4.69, 9.17) is 9.47 Å². The number of nitrogens with zero attached hydrogens (tertiary/aromatic N) is 1. The van der Waals surface area contributed by atoms with Gasteiger partial charge in [0.15, 0.2) is 0 Å². The molecule has 1 N–H and O–H groups in total. The van der Waals surface area contributed by atoms with E-state index in [9.17, 15) is 0 Å². The van der Waals surface area contributed by atoms with Crippen LogP contribution in [0.25, 0.3) is 0 Å². The lowest BCUT2D eigenvalue weighted by molar-refractivity contribution is 0.134. The normalized spacial score (nSPS) is 10.1. The summed E-state index contributed by atoms with van der Waals surface area (Å²) >= 11 is 0. The van der Waals surface area contributed by atoms with Gasteiger partial charge in [-0.05, 0) is 25.0 Å². The Labute approximate surface area is 97.0 Å². The molecule has 0 spiro atoms. The molecule has 0 saturated carbocycles. The molecule has 0 radical (unpaired) electrons. The Bertz CT molecular complexity index is 275. The Hall–Kier alpha value is -1.29. The van der Waals surface area contributed by atoms with Gasteiger partial charge in [0.05, 0.1) is 13.3 Å². The molecule has 4 nitrogen and oxygen atoms in total. The van der Waals surface area contributed by atoms with Crippen LogP contribution < -0.4 is 10.1 Å². The third kappa shape index (κ3) is 4.98. The molecule has 0 saturated heterocycles. The van der Waals surface area contributed by atoms with Crippen LogP contribution in [0.2, 0.25) is 0 Å². The first-order valence-electron chi connectivity index (χ1n) is 5.68. The molecule has 1 heterocycles. The van der Waals surface area contributed by atoms with Crippen molar-refractivity contribution in [2.75, 3.05) is 32.2 Å². The molecule has 0 aliphatic heterocycles. The second-order valence-corrected chi connectivity index (χ2v) is 3.48. The second-order valence-electron chi connectivity index (χ2n) is 3.48. The molecule has 0 atom stereocenters. The average molecular weight is 224 g/mol. The summed E-state index contributed by atoms with van der Waals surface area (Å²) in [5.74, 6) is 1.65. The zero-order valence-corrected chi connectivity index (χ0v) is 10.0. The molecule has 16 heavy (non-hydrogen) atoms. The van der Waals surface area contributed by atoms with Gasteiger partial charge in [0.25, 0.3) is 0 Å². The lowest BCUT2D eigenvalue weighted by Crippen LogP contribution is -2.07. The molecule has 0 aliphatic rings. The first kappa shape index (κ1) is 12.8. The van der Waals surface area contributed by atoms with E-state index < -0.39 is 0 Å². The second kappa shape index (κ2) is 7.93. The first-order valence-corrected chi connectivity index (χ1v) is 5.68. The number of nitrogens with one attached hydrogen (secondary N) is 1. The highest BCUT2D eigenvalue weighted by Crippen LogP contribution is 2.10. The Balaban J connectivity index is 2.12. The highest BCUT2D eigenvalue weighted by atomic mass is 16.5. The van der Waals surface area contributed by atoms with Gasteiger partial charge in [-0.15, -0.1) is 0 Å². The van der Waals surface area contributed by atoms with Crippen molar-refractivity contribution in [3.63, 3.8) is 0 Å². The zero-order chi connectivity index (χ0) is 11.6. The minimum Gasteiger partial charge on any atom is -0.495 e. The SMILES string of the molecule is CCCOCCCNc1ccc(OC)cn1. The van der Waals surface area contributed by atoms with Gasteiger partial charge in [0.1, 0.15) is 11.6 Å². The van der Waals surface area contributed by atoms with Gasteiger partial charge in [-0.25, -0.2) is 4.98 Å². The van der Waals surface area contributed by atoms with Crippen LogP contribution in [0.1, 0.15) is 19.8 Å². The van der Waals surface area contributed by atoms with Gasteiger partial charge in [-0.1, -0.05) is 6.92 Å². The summed E-state index contributed by atoms with van der Waals surface area (Å²) < 4.78 is 10.4. The summed E-state index contributed by atoms with van der Waals surface area (Å²) in [7, 11) is 1.63. The van der Waals surface area contributed by atoms with E-state index in [0.717, 1.165) is 44.2 Å². The predicted octanol–water partition coefficient (Wildman–Crippen LogP) is 2.32. The van der Waals surface area contributed by atoms with Crippen molar-refractivity contribution in [3.05, 3.63) is 18.3 Å². The molecule has 0 unspecified atom stereocenters. The Morgan fingerprint density at radius 1 is 1.31 bits per heavy atom. The largest absolute Gasteiger partial charge is 0.495 e. The quantitative estimate of drug-likeness (QED) is 0.688. The van der Waals surface area contributed by atoms with Gasteiger partial charge in [-0.3, -0.25) is 0 Å². The van der Waals surface area contributed by atoms with Crippen LogP contribution in [0.4, 0.5) is 5.82 Å². The fraction of sp³-hybridized carbons (Fsp3) is 0.583. The number of methoxy groups -OCH3 is 1. The summed E-state index contributed by atoms with van der Waals surface area (Å²) in [5, 5.41) is 3.23. The lowest BCUT2D eigenvalue weighted by atomic mass is 10.4. The standard InChI is InChI=1S/C12H20N2O2/c1-3-8-16-9-4-7-13-12-6-5-11(15-2)10-14-12/h5-6,10H,3-4,7-9H2,1-2H3,(H,13,14). The van der Waals surface area contributed by atoms with E-state index in [1.165, 1.54) is 0 Å². The van der Waals surface area contributed by atoms with Crippen LogP contribution in [-0.2, 0) is 4.74 Å². The monoisotopic (exact) mass is 224 g/mol. The van der Waals surface area contributed by atoms with Crippen LogP contribution in [0.5, 0.6) is 5.75 Å². The van der Waals surface area contributed by atoms with Crippen molar-refractivity contribution in [2.24, 2.45) is 0 Å². The van der Waals surface area contributed by atoms with Gasteiger partial charge in [0, 0.05) is 19.8 Å². The van der Waals surface area contributed by atoms with Crippen molar-refractivity contribution in [1.29, 1.82) is 0 Å². The smallest absolute Gasteiger partial charge is 0.137 e. The minimum absolute atomic E-state index is 0.775. The van der Waals surface area contributed by atoms with E-state index in [2.05, 4.69) is 17.2 Å². The minimum atomic E-state index is 0.775. The first-order chi connectivity index (χ1) is 7.86. The fourth-order valence-electron chi connectivity index (χ4n) is 1.24. The highest BCUT2D eigenvalue weighted by molar-refractivity contribution is 5.37. The summed E-state index contributed by atoms with van der Waals surface area (Å²) in [4.78, 5) is 4.21. The molecule has 0 fully saturated rings. The zero-order valence-electron chi connectivity index (χ0n) is 10.0. The van der Waals surface area contributed by atoms with Crippen LogP contribution >= 0.6 is 0 Å². The molecular formula is C12H20N2O2. The van der Waals surface area contributed by atoms with Crippen molar-refractivity contribution >= 4 is 5.82 Å². The topological polar surface area (TPSA) is 43.4 Å². The molecule has 4 heteroatoms. The number of anilines is 1. The molecule has 0 amide bonds.